The summed E-state index contributed by atoms with van der Waals surface area (Å²) >= 11 is 0. The monoisotopic (exact) mass is 551 g/mol. The predicted molar refractivity (Wildman–Crippen MR) is 160 cm³/mol. The number of aryl methyl sites for hydroxylation is 1. The van der Waals surface area contributed by atoms with Crippen molar-refractivity contribution in [2.24, 2.45) is 7.05 Å². The molecular formula is C31H49N7O2. The van der Waals surface area contributed by atoms with Crippen molar-refractivity contribution >= 4 is 5.97 Å². The number of benzene rings is 1. The Balaban J connectivity index is 1.77. The van der Waals surface area contributed by atoms with Crippen LogP contribution in [0.1, 0.15) is 82.2 Å². The van der Waals surface area contributed by atoms with Gasteiger partial charge < -0.3 is 24.5 Å². The second kappa shape index (κ2) is 16.9. The van der Waals surface area contributed by atoms with Gasteiger partial charge in [-0.3, -0.25) is 9.69 Å². The van der Waals surface area contributed by atoms with Gasteiger partial charge in [-0.1, -0.05) is 38.1 Å². The molecule has 0 aliphatic heterocycles. The molecule has 0 amide bonds. The number of imidazole rings is 2. The SMILES string of the molecule is CCCN(CCC)CCCCN(C(C)OC(C)=O)C(CNCc1nccn1C)c1ccc(Cc2ncc[nH]2)cc1. The molecule has 3 aromatic rings. The fourth-order valence-corrected chi connectivity index (χ4v) is 5.26. The van der Waals surface area contributed by atoms with Gasteiger partial charge in [0.2, 0.25) is 0 Å². The molecule has 3 rings (SSSR count). The Morgan fingerprint density at radius 3 is 2.38 bits per heavy atom. The zero-order valence-corrected chi connectivity index (χ0v) is 25.1. The highest BCUT2D eigenvalue weighted by atomic mass is 16.6. The molecule has 2 aromatic heterocycles. The predicted octanol–water partition coefficient (Wildman–Crippen LogP) is 4.68. The summed E-state index contributed by atoms with van der Waals surface area (Å²) in [6.45, 7) is 13.5. The largest absolute Gasteiger partial charge is 0.447 e. The van der Waals surface area contributed by atoms with E-state index in [0.717, 1.165) is 57.1 Å². The Morgan fingerprint density at radius 1 is 1.05 bits per heavy atom. The third-order valence-electron chi connectivity index (χ3n) is 7.26. The van der Waals surface area contributed by atoms with E-state index in [2.05, 4.69) is 68.2 Å². The van der Waals surface area contributed by atoms with Gasteiger partial charge in [0.05, 0.1) is 12.6 Å². The molecule has 0 aliphatic rings. The Morgan fingerprint density at radius 2 is 1.77 bits per heavy atom. The minimum Gasteiger partial charge on any atom is -0.447 e. The quantitative estimate of drug-likeness (QED) is 0.127. The number of carbonyl (C=O) groups is 1. The highest BCUT2D eigenvalue weighted by Crippen LogP contribution is 2.25. The van der Waals surface area contributed by atoms with E-state index in [1.54, 1.807) is 6.20 Å². The van der Waals surface area contributed by atoms with Gasteiger partial charge in [0, 0.05) is 58.3 Å². The maximum Gasteiger partial charge on any atom is 0.304 e. The Labute approximate surface area is 240 Å². The number of unbranched alkanes of at least 4 members (excludes halogenated alkanes) is 1. The molecule has 2 heterocycles. The van der Waals surface area contributed by atoms with Crippen molar-refractivity contribution in [3.8, 4) is 0 Å². The van der Waals surface area contributed by atoms with Crippen molar-refractivity contribution in [3.63, 3.8) is 0 Å². The van der Waals surface area contributed by atoms with Crippen LogP contribution in [0.2, 0.25) is 0 Å². The van der Waals surface area contributed by atoms with E-state index in [4.69, 9.17) is 4.74 Å². The highest BCUT2D eigenvalue weighted by Gasteiger charge is 2.27. The molecule has 1 aromatic carbocycles. The maximum absolute atomic E-state index is 12.0. The first-order valence-corrected chi connectivity index (χ1v) is 14.8. The van der Waals surface area contributed by atoms with E-state index >= 15 is 0 Å². The summed E-state index contributed by atoms with van der Waals surface area (Å²) in [6, 6.07) is 8.76. The molecule has 0 radical (unpaired) electrons. The van der Waals surface area contributed by atoms with Gasteiger partial charge in [-0.05, 0) is 63.4 Å². The molecule has 0 spiro atoms. The van der Waals surface area contributed by atoms with Gasteiger partial charge in [-0.15, -0.1) is 0 Å². The molecule has 0 aliphatic carbocycles. The summed E-state index contributed by atoms with van der Waals surface area (Å²) in [6.07, 6.45) is 12.3. The Bertz CT molecular complexity index is 1090. The Hall–Kier alpha value is -3.01. The molecular weight excluding hydrogens is 502 g/mol. The van der Waals surface area contributed by atoms with E-state index in [1.165, 1.54) is 30.9 Å². The van der Waals surface area contributed by atoms with Crippen LogP contribution in [0.25, 0.3) is 0 Å². The summed E-state index contributed by atoms with van der Waals surface area (Å²) in [5, 5.41) is 3.62. The maximum atomic E-state index is 12.0. The van der Waals surface area contributed by atoms with Gasteiger partial charge in [-0.25, -0.2) is 9.97 Å². The molecule has 40 heavy (non-hydrogen) atoms. The number of nitrogens with one attached hydrogen (secondary N) is 2. The van der Waals surface area contributed by atoms with Crippen LogP contribution in [0.5, 0.6) is 0 Å². The van der Waals surface area contributed by atoms with Gasteiger partial charge in [-0.2, -0.15) is 0 Å². The second-order valence-electron chi connectivity index (χ2n) is 10.6. The van der Waals surface area contributed by atoms with Gasteiger partial charge >= 0.3 is 5.97 Å². The fourth-order valence-electron chi connectivity index (χ4n) is 5.26. The normalized spacial score (nSPS) is 13.2. The lowest BCUT2D eigenvalue weighted by Crippen LogP contribution is -2.44. The average Bonchev–Trinajstić information content (AvgIpc) is 3.59. The molecule has 9 heteroatoms. The molecule has 0 fully saturated rings. The average molecular weight is 552 g/mol. The van der Waals surface area contributed by atoms with Crippen molar-refractivity contribution in [2.45, 2.75) is 78.6 Å². The minimum absolute atomic E-state index is 0.0228. The third kappa shape index (κ3) is 10.2. The molecule has 9 nitrogen and oxygen atoms in total. The first-order chi connectivity index (χ1) is 19.4. The lowest BCUT2D eigenvalue weighted by atomic mass is 10.0. The number of H-pyrrole nitrogens is 1. The molecule has 2 N–H and O–H groups in total. The molecule has 2 atom stereocenters. The molecule has 2 unspecified atom stereocenters. The van der Waals surface area contributed by atoms with Crippen LogP contribution < -0.4 is 5.32 Å². The van der Waals surface area contributed by atoms with E-state index in [9.17, 15) is 4.79 Å². The Kier molecular flexibility index (Phi) is 13.4. The van der Waals surface area contributed by atoms with E-state index < -0.39 is 0 Å². The van der Waals surface area contributed by atoms with Crippen LogP contribution in [0.15, 0.2) is 49.1 Å². The van der Waals surface area contributed by atoms with E-state index in [-0.39, 0.29) is 18.2 Å². The van der Waals surface area contributed by atoms with Crippen LogP contribution in [0, 0.1) is 0 Å². The van der Waals surface area contributed by atoms with E-state index in [0.29, 0.717) is 13.1 Å². The molecule has 220 valence electrons. The molecule has 0 saturated carbocycles. The van der Waals surface area contributed by atoms with Crippen molar-refractivity contribution in [2.75, 3.05) is 32.7 Å². The van der Waals surface area contributed by atoms with Crippen LogP contribution >= 0.6 is 0 Å². The second-order valence-corrected chi connectivity index (χ2v) is 10.6. The lowest BCUT2D eigenvalue weighted by Gasteiger charge is -2.36. The minimum atomic E-state index is -0.345. The first kappa shape index (κ1) is 31.5. The van der Waals surface area contributed by atoms with Gasteiger partial charge in [0.25, 0.3) is 0 Å². The van der Waals surface area contributed by atoms with Crippen LogP contribution in [0.4, 0.5) is 0 Å². The smallest absolute Gasteiger partial charge is 0.304 e. The zero-order valence-electron chi connectivity index (χ0n) is 25.1. The number of esters is 1. The number of ether oxygens (including phenoxy) is 1. The van der Waals surface area contributed by atoms with Gasteiger partial charge in [0.1, 0.15) is 11.6 Å². The molecule has 0 bridgehead atoms. The van der Waals surface area contributed by atoms with Crippen LogP contribution in [-0.2, 0) is 29.5 Å². The molecule has 0 saturated heterocycles. The summed E-state index contributed by atoms with van der Waals surface area (Å²) in [5.41, 5.74) is 2.39. The third-order valence-corrected chi connectivity index (χ3v) is 7.26. The number of aromatic amines is 1. The van der Waals surface area contributed by atoms with Crippen LogP contribution in [-0.4, -0.2) is 74.2 Å². The summed E-state index contributed by atoms with van der Waals surface area (Å²) in [4.78, 5) is 28.9. The number of rotatable bonds is 19. The summed E-state index contributed by atoms with van der Waals surface area (Å²) in [7, 11) is 2.01. The van der Waals surface area contributed by atoms with Crippen molar-refractivity contribution in [3.05, 3.63) is 71.8 Å². The van der Waals surface area contributed by atoms with Crippen molar-refractivity contribution in [1.29, 1.82) is 0 Å². The number of hydrogen-bond acceptors (Lipinski definition) is 7. The lowest BCUT2D eigenvalue weighted by molar-refractivity contribution is -0.157. The fraction of sp³-hybridized carbons (Fsp3) is 0.581. The van der Waals surface area contributed by atoms with Gasteiger partial charge in [0.15, 0.2) is 6.23 Å². The van der Waals surface area contributed by atoms with Crippen LogP contribution in [0.3, 0.4) is 0 Å². The summed E-state index contributed by atoms with van der Waals surface area (Å²) < 4.78 is 7.79. The zero-order chi connectivity index (χ0) is 28.7. The van der Waals surface area contributed by atoms with E-state index in [1.807, 2.05) is 37.1 Å². The topological polar surface area (TPSA) is 91.3 Å². The van der Waals surface area contributed by atoms with Crippen molar-refractivity contribution in [1.82, 2.24) is 34.6 Å². The van der Waals surface area contributed by atoms with Crippen molar-refractivity contribution < 1.29 is 9.53 Å². The standard InChI is InChI=1S/C31H49N7O2/c1-6-17-37(18-7-2)19-8-9-20-38(25(3)40-26(4)39)29(23-32-24-31-35-16-21-36(31)5)28-12-10-27(11-13-28)22-30-33-14-15-34-30/h10-16,21,25,29,32H,6-9,17-20,22-24H2,1-5H3,(H,33,34). The first-order valence-electron chi connectivity index (χ1n) is 14.8. The summed E-state index contributed by atoms with van der Waals surface area (Å²) in [5.74, 6) is 1.67. The number of nitrogens with zero attached hydrogens (tertiary/aromatic N) is 5. The number of carbonyl (C=O) groups excluding carboxylic acids is 1. The number of hydrogen-bond donors (Lipinski definition) is 2. The highest BCUT2D eigenvalue weighted by molar-refractivity contribution is 5.66. The number of aromatic nitrogens is 4.